The molecule has 86 valence electrons. The summed E-state index contributed by atoms with van der Waals surface area (Å²) in [7, 11) is 0. The molecule has 0 aromatic rings. The Balaban J connectivity index is 1.84. The Labute approximate surface area is 91.4 Å². The number of carbonyl (C=O) groups excluding carboxylic acids is 1. The third kappa shape index (κ3) is 2.40. The number of rotatable bonds is 4. The molecule has 2 aliphatic rings. The third-order valence-corrected chi connectivity index (χ3v) is 3.84. The highest BCUT2D eigenvalue weighted by Crippen LogP contribution is 2.44. The van der Waals surface area contributed by atoms with Crippen LogP contribution in [0.15, 0.2) is 0 Å². The minimum absolute atomic E-state index is 0.0985. The van der Waals surface area contributed by atoms with E-state index in [0.717, 1.165) is 38.7 Å². The highest BCUT2D eigenvalue weighted by Gasteiger charge is 2.43. The van der Waals surface area contributed by atoms with Crippen LogP contribution in [0.1, 0.15) is 44.9 Å². The van der Waals surface area contributed by atoms with Gasteiger partial charge in [0.15, 0.2) is 0 Å². The van der Waals surface area contributed by atoms with E-state index >= 15 is 0 Å². The van der Waals surface area contributed by atoms with Crippen LogP contribution in [0.4, 0.5) is 0 Å². The van der Waals surface area contributed by atoms with Crippen molar-refractivity contribution in [2.45, 2.75) is 50.5 Å². The van der Waals surface area contributed by atoms with Gasteiger partial charge in [-0.3, -0.25) is 4.79 Å². The minimum atomic E-state index is 0.0985. The number of hydrogen-bond donors (Lipinski definition) is 1. The van der Waals surface area contributed by atoms with E-state index < -0.39 is 0 Å². The van der Waals surface area contributed by atoms with E-state index in [4.69, 9.17) is 10.5 Å². The first-order chi connectivity index (χ1) is 7.26. The summed E-state index contributed by atoms with van der Waals surface area (Å²) < 4.78 is 5.81. The van der Waals surface area contributed by atoms with Gasteiger partial charge in [-0.05, 0) is 45.1 Å². The number of hydrogen-bond acceptors (Lipinski definition) is 3. The average molecular weight is 211 g/mol. The molecule has 2 rings (SSSR count). The zero-order chi connectivity index (χ0) is 10.7. The lowest BCUT2D eigenvalue weighted by molar-refractivity contribution is -0.155. The second-order valence-electron chi connectivity index (χ2n) is 4.93. The van der Waals surface area contributed by atoms with Crippen molar-refractivity contribution in [2.24, 2.45) is 11.7 Å². The fraction of sp³-hybridized carbons (Fsp3) is 0.917. The van der Waals surface area contributed by atoms with Crippen molar-refractivity contribution in [3.05, 3.63) is 0 Å². The van der Waals surface area contributed by atoms with Gasteiger partial charge in [0.05, 0.1) is 5.60 Å². The van der Waals surface area contributed by atoms with Crippen LogP contribution < -0.4 is 5.73 Å². The number of ketones is 1. The lowest BCUT2D eigenvalue weighted by atomic mass is 9.71. The molecule has 3 heteroatoms. The molecule has 1 aliphatic carbocycles. The Hall–Kier alpha value is -0.410. The molecule has 15 heavy (non-hydrogen) atoms. The van der Waals surface area contributed by atoms with Crippen molar-refractivity contribution in [2.75, 3.05) is 13.2 Å². The van der Waals surface area contributed by atoms with Gasteiger partial charge in [-0.1, -0.05) is 0 Å². The second-order valence-corrected chi connectivity index (χ2v) is 4.93. The van der Waals surface area contributed by atoms with Gasteiger partial charge in [0, 0.05) is 18.9 Å². The number of nitrogens with two attached hydrogens (primary N) is 1. The van der Waals surface area contributed by atoms with Crippen molar-refractivity contribution >= 4 is 5.78 Å². The Morgan fingerprint density at radius 1 is 1.47 bits per heavy atom. The summed E-state index contributed by atoms with van der Waals surface area (Å²) >= 11 is 0. The summed E-state index contributed by atoms with van der Waals surface area (Å²) in [6.07, 6.45) is 6.98. The van der Waals surface area contributed by atoms with Crippen molar-refractivity contribution in [3.63, 3.8) is 0 Å². The van der Waals surface area contributed by atoms with Gasteiger partial charge in [-0.25, -0.2) is 0 Å². The van der Waals surface area contributed by atoms with E-state index in [0.29, 0.717) is 18.7 Å². The number of Topliss-reactive ketones (excluding diaryl/α,β-unsaturated/α-hetero) is 1. The first-order valence-electron chi connectivity index (χ1n) is 6.12. The van der Waals surface area contributed by atoms with Crippen molar-refractivity contribution < 1.29 is 9.53 Å². The highest BCUT2D eigenvalue weighted by atomic mass is 16.5. The van der Waals surface area contributed by atoms with Crippen LogP contribution in [-0.2, 0) is 9.53 Å². The predicted octanol–water partition coefficient (Wildman–Crippen LogP) is 1.64. The monoisotopic (exact) mass is 211 g/mol. The molecule has 0 aromatic carbocycles. The molecule has 1 spiro atoms. The normalized spacial score (nSPS) is 28.7. The molecule has 3 nitrogen and oxygen atoms in total. The third-order valence-electron chi connectivity index (χ3n) is 3.84. The zero-order valence-electron chi connectivity index (χ0n) is 9.34. The average Bonchev–Trinajstić information content (AvgIpc) is 2.24. The second kappa shape index (κ2) is 4.62. The summed E-state index contributed by atoms with van der Waals surface area (Å²) in [4.78, 5) is 11.9. The van der Waals surface area contributed by atoms with E-state index in [9.17, 15) is 4.79 Å². The number of carbonyl (C=O) groups is 1. The Morgan fingerprint density at radius 2 is 2.27 bits per heavy atom. The van der Waals surface area contributed by atoms with Gasteiger partial charge in [-0.2, -0.15) is 0 Å². The van der Waals surface area contributed by atoms with Crippen LogP contribution in [0.25, 0.3) is 0 Å². The SMILES string of the molecule is NCCCC(=O)C1CCOC2(CCC2)C1. The molecule has 1 atom stereocenters. The maximum Gasteiger partial charge on any atom is 0.136 e. The lowest BCUT2D eigenvalue weighted by Crippen LogP contribution is -2.47. The first-order valence-corrected chi connectivity index (χ1v) is 6.12. The maximum absolute atomic E-state index is 11.9. The molecule has 0 amide bonds. The van der Waals surface area contributed by atoms with Gasteiger partial charge < -0.3 is 10.5 Å². The van der Waals surface area contributed by atoms with Gasteiger partial charge in [0.25, 0.3) is 0 Å². The molecule has 0 bridgehead atoms. The minimum Gasteiger partial charge on any atom is -0.375 e. The number of ether oxygens (including phenoxy) is 1. The van der Waals surface area contributed by atoms with Crippen LogP contribution in [0, 0.1) is 5.92 Å². The summed E-state index contributed by atoms with van der Waals surface area (Å²) in [6.45, 7) is 1.40. The molecule has 1 unspecified atom stereocenters. The molecule has 0 aromatic heterocycles. The zero-order valence-corrected chi connectivity index (χ0v) is 9.34. The van der Waals surface area contributed by atoms with E-state index in [-0.39, 0.29) is 11.5 Å². The standard InChI is InChI=1S/C12H21NO2/c13-7-1-3-11(14)10-4-8-15-12(9-10)5-2-6-12/h10H,1-9,13H2. The van der Waals surface area contributed by atoms with Crippen LogP contribution in [0.5, 0.6) is 0 Å². The van der Waals surface area contributed by atoms with Gasteiger partial charge in [-0.15, -0.1) is 0 Å². The highest BCUT2D eigenvalue weighted by molar-refractivity contribution is 5.81. The van der Waals surface area contributed by atoms with Crippen LogP contribution in [0.2, 0.25) is 0 Å². The Morgan fingerprint density at radius 3 is 2.87 bits per heavy atom. The van der Waals surface area contributed by atoms with Crippen molar-refractivity contribution in [3.8, 4) is 0 Å². The van der Waals surface area contributed by atoms with E-state index in [2.05, 4.69) is 0 Å². The molecular formula is C12H21NO2. The maximum atomic E-state index is 11.9. The molecule has 1 saturated carbocycles. The van der Waals surface area contributed by atoms with Gasteiger partial charge in [0.1, 0.15) is 5.78 Å². The van der Waals surface area contributed by atoms with E-state index in [1.54, 1.807) is 0 Å². The van der Waals surface area contributed by atoms with Crippen molar-refractivity contribution in [1.29, 1.82) is 0 Å². The molecular weight excluding hydrogens is 190 g/mol. The quantitative estimate of drug-likeness (QED) is 0.769. The largest absolute Gasteiger partial charge is 0.375 e. The summed E-state index contributed by atoms with van der Waals surface area (Å²) in [5.41, 5.74) is 5.52. The van der Waals surface area contributed by atoms with E-state index in [1.165, 1.54) is 6.42 Å². The van der Waals surface area contributed by atoms with Crippen LogP contribution in [-0.4, -0.2) is 24.5 Å². The molecule has 0 radical (unpaired) electrons. The first kappa shape index (κ1) is 11.1. The van der Waals surface area contributed by atoms with E-state index in [1.807, 2.05) is 0 Å². The van der Waals surface area contributed by atoms with Crippen LogP contribution in [0.3, 0.4) is 0 Å². The van der Waals surface area contributed by atoms with Gasteiger partial charge in [0.2, 0.25) is 0 Å². The van der Waals surface area contributed by atoms with Crippen molar-refractivity contribution in [1.82, 2.24) is 0 Å². The fourth-order valence-electron chi connectivity index (χ4n) is 2.70. The summed E-state index contributed by atoms with van der Waals surface area (Å²) in [5.74, 6) is 0.667. The molecule has 2 fully saturated rings. The lowest BCUT2D eigenvalue weighted by Gasteiger charge is -2.46. The summed E-state index contributed by atoms with van der Waals surface area (Å²) in [6, 6.07) is 0. The Bertz CT molecular complexity index is 236. The topological polar surface area (TPSA) is 52.3 Å². The fourth-order valence-corrected chi connectivity index (χ4v) is 2.70. The molecule has 1 aliphatic heterocycles. The van der Waals surface area contributed by atoms with Crippen LogP contribution >= 0.6 is 0 Å². The predicted molar refractivity (Wildman–Crippen MR) is 58.6 cm³/mol. The summed E-state index contributed by atoms with van der Waals surface area (Å²) in [5, 5.41) is 0. The molecule has 2 N–H and O–H groups in total. The molecule has 1 saturated heterocycles. The molecule has 1 heterocycles. The smallest absolute Gasteiger partial charge is 0.136 e. The van der Waals surface area contributed by atoms with Gasteiger partial charge >= 0.3 is 0 Å². The Kier molecular flexibility index (Phi) is 3.42.